The van der Waals surface area contributed by atoms with Crippen LogP contribution in [0.4, 0.5) is 0 Å². The molecular formula is C16H26N2O3. The molecule has 0 aromatic carbocycles. The first-order valence-electron chi connectivity index (χ1n) is 8.22. The van der Waals surface area contributed by atoms with Crippen LogP contribution in [-0.2, 0) is 9.59 Å². The van der Waals surface area contributed by atoms with Crippen molar-refractivity contribution in [2.24, 2.45) is 23.2 Å². The van der Waals surface area contributed by atoms with Crippen LogP contribution in [0.2, 0.25) is 0 Å². The SMILES string of the molecule is CC(C)C1(C(=O)N2CC3CCCC3C2C(=O)O)CCNC1. The Labute approximate surface area is 126 Å². The molecule has 0 bridgehead atoms. The maximum absolute atomic E-state index is 13.2. The maximum atomic E-state index is 13.2. The van der Waals surface area contributed by atoms with Crippen LogP contribution < -0.4 is 5.32 Å². The zero-order valence-corrected chi connectivity index (χ0v) is 13.0. The number of carboxylic acids is 1. The van der Waals surface area contributed by atoms with Crippen LogP contribution in [0.1, 0.15) is 39.5 Å². The monoisotopic (exact) mass is 294 g/mol. The summed E-state index contributed by atoms with van der Waals surface area (Å²) in [5.74, 6) is 0.0560. The summed E-state index contributed by atoms with van der Waals surface area (Å²) >= 11 is 0. The van der Waals surface area contributed by atoms with Crippen LogP contribution in [-0.4, -0.2) is 47.6 Å². The standard InChI is InChI=1S/C16H26N2O3/c1-10(2)16(6-7-17-9-16)15(21)18-8-11-4-3-5-12(11)13(18)14(19)20/h10-13,17H,3-9H2,1-2H3,(H,19,20). The third-order valence-corrected chi connectivity index (χ3v) is 6.12. The molecule has 1 saturated carbocycles. The number of amides is 1. The van der Waals surface area contributed by atoms with E-state index in [1.807, 2.05) is 0 Å². The van der Waals surface area contributed by atoms with Crippen LogP contribution in [0.25, 0.3) is 0 Å². The van der Waals surface area contributed by atoms with Gasteiger partial charge in [-0.25, -0.2) is 4.79 Å². The number of carboxylic acid groups (broad SMARTS) is 1. The van der Waals surface area contributed by atoms with E-state index >= 15 is 0 Å². The largest absolute Gasteiger partial charge is 0.480 e. The number of aliphatic carboxylic acids is 1. The van der Waals surface area contributed by atoms with Crippen molar-refractivity contribution in [3.63, 3.8) is 0 Å². The second-order valence-corrected chi connectivity index (χ2v) is 7.33. The van der Waals surface area contributed by atoms with E-state index in [-0.39, 0.29) is 17.7 Å². The molecule has 2 N–H and O–H groups in total. The second-order valence-electron chi connectivity index (χ2n) is 7.33. The molecule has 0 spiro atoms. The third kappa shape index (κ3) is 2.17. The molecule has 3 aliphatic rings. The zero-order chi connectivity index (χ0) is 15.2. The summed E-state index contributed by atoms with van der Waals surface area (Å²) < 4.78 is 0. The van der Waals surface area contributed by atoms with Crippen molar-refractivity contribution >= 4 is 11.9 Å². The lowest BCUT2D eigenvalue weighted by molar-refractivity contribution is -0.155. The van der Waals surface area contributed by atoms with Gasteiger partial charge in [0, 0.05) is 13.1 Å². The fourth-order valence-corrected chi connectivity index (χ4v) is 4.75. The molecule has 2 saturated heterocycles. The van der Waals surface area contributed by atoms with Gasteiger partial charge in [0.15, 0.2) is 0 Å². The van der Waals surface area contributed by atoms with Crippen molar-refractivity contribution in [2.45, 2.75) is 45.6 Å². The van der Waals surface area contributed by atoms with Gasteiger partial charge in [0.25, 0.3) is 0 Å². The van der Waals surface area contributed by atoms with Gasteiger partial charge in [0.2, 0.25) is 5.91 Å². The van der Waals surface area contributed by atoms with E-state index in [0.717, 1.165) is 32.2 Å². The van der Waals surface area contributed by atoms with Gasteiger partial charge in [-0.2, -0.15) is 0 Å². The van der Waals surface area contributed by atoms with Gasteiger partial charge in [-0.05, 0) is 43.6 Å². The third-order valence-electron chi connectivity index (χ3n) is 6.12. The Bertz CT molecular complexity index is 443. The lowest BCUT2D eigenvalue weighted by atomic mass is 9.75. The summed E-state index contributed by atoms with van der Waals surface area (Å²) in [6, 6.07) is -0.596. The fourth-order valence-electron chi connectivity index (χ4n) is 4.75. The van der Waals surface area contributed by atoms with E-state index in [0.29, 0.717) is 19.0 Å². The van der Waals surface area contributed by atoms with E-state index in [1.165, 1.54) is 0 Å². The Morgan fingerprint density at radius 1 is 1.33 bits per heavy atom. The van der Waals surface area contributed by atoms with Crippen LogP contribution in [0, 0.1) is 23.2 Å². The van der Waals surface area contributed by atoms with Gasteiger partial charge in [0.05, 0.1) is 5.41 Å². The Hall–Kier alpha value is -1.10. The van der Waals surface area contributed by atoms with Crippen molar-refractivity contribution in [1.82, 2.24) is 10.2 Å². The summed E-state index contributed by atoms with van der Waals surface area (Å²) in [5, 5.41) is 12.9. The van der Waals surface area contributed by atoms with Crippen molar-refractivity contribution in [3.8, 4) is 0 Å². The van der Waals surface area contributed by atoms with Crippen molar-refractivity contribution in [1.29, 1.82) is 0 Å². The van der Waals surface area contributed by atoms with E-state index in [1.54, 1.807) is 4.90 Å². The fraction of sp³-hybridized carbons (Fsp3) is 0.875. The number of likely N-dealkylation sites (tertiary alicyclic amines) is 1. The lowest BCUT2D eigenvalue weighted by Crippen LogP contribution is -2.52. The highest BCUT2D eigenvalue weighted by molar-refractivity contribution is 5.89. The van der Waals surface area contributed by atoms with Crippen molar-refractivity contribution < 1.29 is 14.7 Å². The number of carbonyl (C=O) groups excluding carboxylic acids is 1. The van der Waals surface area contributed by atoms with Crippen LogP contribution in [0.5, 0.6) is 0 Å². The molecule has 4 unspecified atom stereocenters. The molecule has 4 atom stereocenters. The summed E-state index contributed by atoms with van der Waals surface area (Å²) in [7, 11) is 0. The molecule has 0 radical (unpaired) electrons. The van der Waals surface area contributed by atoms with Gasteiger partial charge < -0.3 is 15.3 Å². The van der Waals surface area contributed by atoms with E-state index in [4.69, 9.17) is 0 Å². The average molecular weight is 294 g/mol. The normalized spacial score (nSPS) is 39.0. The predicted molar refractivity (Wildman–Crippen MR) is 78.7 cm³/mol. The smallest absolute Gasteiger partial charge is 0.326 e. The minimum atomic E-state index is -0.817. The highest BCUT2D eigenvalue weighted by Crippen LogP contribution is 2.45. The van der Waals surface area contributed by atoms with E-state index in [9.17, 15) is 14.7 Å². The van der Waals surface area contributed by atoms with Gasteiger partial charge in [-0.1, -0.05) is 20.3 Å². The highest BCUT2D eigenvalue weighted by Gasteiger charge is 2.55. The molecule has 1 aliphatic carbocycles. The summed E-state index contributed by atoms with van der Waals surface area (Å²) in [6.07, 6.45) is 3.96. The summed E-state index contributed by atoms with van der Waals surface area (Å²) in [4.78, 5) is 26.6. The van der Waals surface area contributed by atoms with E-state index < -0.39 is 17.4 Å². The Balaban J connectivity index is 1.88. The Morgan fingerprint density at radius 2 is 2.10 bits per heavy atom. The first-order chi connectivity index (χ1) is 9.97. The first-order valence-corrected chi connectivity index (χ1v) is 8.22. The number of carbonyl (C=O) groups is 2. The van der Waals surface area contributed by atoms with Crippen LogP contribution in [0.15, 0.2) is 0 Å². The topological polar surface area (TPSA) is 69.6 Å². The summed E-state index contributed by atoms with van der Waals surface area (Å²) in [5.41, 5.74) is -0.410. The van der Waals surface area contributed by atoms with Gasteiger partial charge in [0.1, 0.15) is 6.04 Å². The number of hydrogen-bond donors (Lipinski definition) is 2. The molecule has 1 amide bonds. The zero-order valence-electron chi connectivity index (χ0n) is 13.0. The number of fused-ring (bicyclic) bond motifs is 1. The number of hydrogen-bond acceptors (Lipinski definition) is 3. The molecular weight excluding hydrogens is 268 g/mol. The predicted octanol–water partition coefficient (Wildman–Crippen LogP) is 1.33. The molecule has 2 aliphatic heterocycles. The molecule has 3 rings (SSSR count). The number of nitrogens with one attached hydrogen (secondary N) is 1. The van der Waals surface area contributed by atoms with Crippen molar-refractivity contribution in [3.05, 3.63) is 0 Å². The Morgan fingerprint density at radius 3 is 2.67 bits per heavy atom. The van der Waals surface area contributed by atoms with Crippen LogP contribution >= 0.6 is 0 Å². The quantitative estimate of drug-likeness (QED) is 0.824. The maximum Gasteiger partial charge on any atom is 0.326 e. The van der Waals surface area contributed by atoms with Gasteiger partial charge >= 0.3 is 5.97 Å². The molecule has 5 heteroatoms. The van der Waals surface area contributed by atoms with Gasteiger partial charge in [-0.15, -0.1) is 0 Å². The molecule has 2 heterocycles. The van der Waals surface area contributed by atoms with Gasteiger partial charge in [-0.3, -0.25) is 4.79 Å². The second kappa shape index (κ2) is 5.27. The van der Waals surface area contributed by atoms with E-state index in [2.05, 4.69) is 19.2 Å². The molecule has 0 aromatic rings. The molecule has 21 heavy (non-hydrogen) atoms. The number of rotatable bonds is 3. The average Bonchev–Trinajstić information content (AvgIpc) is 3.12. The minimum absolute atomic E-state index is 0.0734. The lowest BCUT2D eigenvalue weighted by Gasteiger charge is -2.37. The van der Waals surface area contributed by atoms with Crippen LogP contribution in [0.3, 0.4) is 0 Å². The highest BCUT2D eigenvalue weighted by atomic mass is 16.4. The first kappa shape index (κ1) is 14.8. The molecule has 118 valence electrons. The summed E-state index contributed by atoms with van der Waals surface area (Å²) in [6.45, 7) is 6.34. The Kier molecular flexibility index (Phi) is 3.72. The number of nitrogens with zero attached hydrogens (tertiary/aromatic N) is 1. The minimum Gasteiger partial charge on any atom is -0.480 e. The van der Waals surface area contributed by atoms with Crippen molar-refractivity contribution in [2.75, 3.05) is 19.6 Å². The molecule has 5 nitrogen and oxygen atoms in total. The molecule has 0 aromatic heterocycles. The molecule has 3 fully saturated rings.